The number of nitrogens with zero attached hydrogens (tertiary/aromatic N) is 2. The maximum atomic E-state index is 2.70. The molecule has 2 saturated carbocycles. The van der Waals surface area contributed by atoms with E-state index in [1.165, 1.54) is 120 Å². The van der Waals surface area contributed by atoms with E-state index in [1.54, 1.807) is 11.1 Å². The van der Waals surface area contributed by atoms with Gasteiger partial charge >= 0.3 is 0 Å². The number of para-hydroxylation sites is 2. The summed E-state index contributed by atoms with van der Waals surface area (Å²) in [4.78, 5) is 2.57. The Morgan fingerprint density at radius 3 is 1.49 bits per heavy atom. The normalized spacial score (nSPS) is 21.1. The number of aromatic nitrogens is 1. The lowest BCUT2D eigenvalue weighted by atomic mass is 9.41. The van der Waals surface area contributed by atoms with Crippen molar-refractivity contribution in [1.29, 1.82) is 0 Å². The average molecular weight is 925 g/mol. The SMILES string of the molecule is CC1CC2CC(C)CC(C1)C21c2ccccc2C2(c3ccccc3-c3ccccc32)c2ccc(N(c3ccc(-c4ccc(-n5c6ccccc6c6ccccc65)cc4)cc3)c3cccc4ccccc34)cc21. The molecule has 2 bridgehead atoms. The van der Waals surface area contributed by atoms with E-state index in [0.29, 0.717) is 23.7 Å². The Morgan fingerprint density at radius 1 is 0.389 bits per heavy atom. The largest absolute Gasteiger partial charge is 0.310 e. The van der Waals surface area contributed by atoms with Crippen LogP contribution in [0.5, 0.6) is 0 Å². The molecule has 0 atom stereocenters. The van der Waals surface area contributed by atoms with Crippen molar-refractivity contribution in [2.24, 2.45) is 23.7 Å². The Bertz CT molecular complexity index is 3810. The average Bonchev–Trinajstić information content (AvgIpc) is 3.92. The molecular formula is C70H56N2. The van der Waals surface area contributed by atoms with Crippen LogP contribution in [0.15, 0.2) is 231 Å². The Labute approximate surface area is 422 Å². The summed E-state index contributed by atoms with van der Waals surface area (Å²) in [5.41, 5.74) is 20.7. The minimum Gasteiger partial charge on any atom is -0.310 e. The first-order valence-electron chi connectivity index (χ1n) is 26.4. The van der Waals surface area contributed by atoms with Gasteiger partial charge in [0.2, 0.25) is 0 Å². The van der Waals surface area contributed by atoms with Crippen LogP contribution in [0, 0.1) is 23.7 Å². The lowest BCUT2D eigenvalue weighted by Gasteiger charge is -2.61. The Kier molecular flexibility index (Phi) is 9.16. The smallest absolute Gasteiger partial charge is 0.0719 e. The summed E-state index contributed by atoms with van der Waals surface area (Å²) in [6.07, 6.45) is 5.03. The van der Waals surface area contributed by atoms with E-state index in [9.17, 15) is 0 Å². The minimum atomic E-state index is -0.436. The molecule has 0 N–H and O–H groups in total. The van der Waals surface area contributed by atoms with Crippen molar-refractivity contribution in [2.75, 3.05) is 4.90 Å². The van der Waals surface area contributed by atoms with Crippen molar-refractivity contribution < 1.29 is 0 Å². The molecule has 1 heterocycles. The summed E-state index contributed by atoms with van der Waals surface area (Å²) in [7, 11) is 0. The van der Waals surface area contributed by atoms with Crippen molar-refractivity contribution in [1.82, 2.24) is 4.57 Å². The third kappa shape index (κ3) is 5.72. The molecule has 0 amide bonds. The van der Waals surface area contributed by atoms with Crippen molar-refractivity contribution in [3.63, 3.8) is 0 Å². The molecular weight excluding hydrogens is 869 g/mol. The molecule has 0 saturated heterocycles. The molecule has 4 aliphatic rings. The first-order chi connectivity index (χ1) is 35.5. The molecule has 346 valence electrons. The van der Waals surface area contributed by atoms with Crippen LogP contribution in [0.1, 0.15) is 72.9 Å². The van der Waals surface area contributed by atoms with Crippen LogP contribution in [0.4, 0.5) is 17.1 Å². The summed E-state index contributed by atoms with van der Waals surface area (Å²) in [5.74, 6) is 2.50. The summed E-state index contributed by atoms with van der Waals surface area (Å²) in [5, 5.41) is 5.05. The highest BCUT2D eigenvalue weighted by Crippen LogP contribution is 2.69. The summed E-state index contributed by atoms with van der Waals surface area (Å²) < 4.78 is 2.40. The second-order valence-electron chi connectivity index (χ2n) is 21.8. The van der Waals surface area contributed by atoms with Crippen molar-refractivity contribution >= 4 is 49.6 Å². The zero-order valence-corrected chi connectivity index (χ0v) is 41.0. The molecule has 0 radical (unpaired) electrons. The van der Waals surface area contributed by atoms with E-state index in [-0.39, 0.29) is 5.41 Å². The van der Waals surface area contributed by atoms with E-state index >= 15 is 0 Å². The van der Waals surface area contributed by atoms with Gasteiger partial charge in [0, 0.05) is 38.6 Å². The van der Waals surface area contributed by atoms with Crippen molar-refractivity contribution in [2.45, 2.75) is 50.4 Å². The van der Waals surface area contributed by atoms with Crippen LogP contribution in [0.3, 0.4) is 0 Å². The van der Waals surface area contributed by atoms with E-state index in [4.69, 9.17) is 0 Å². The number of fused-ring (bicyclic) bond motifs is 13. The fraction of sp³-hybridized carbons (Fsp3) is 0.171. The number of hydrogen-bond acceptors (Lipinski definition) is 1. The van der Waals surface area contributed by atoms with Gasteiger partial charge in [-0.15, -0.1) is 0 Å². The highest BCUT2D eigenvalue weighted by Gasteiger charge is 2.62. The molecule has 0 aliphatic heterocycles. The van der Waals surface area contributed by atoms with Gasteiger partial charge in [0.25, 0.3) is 0 Å². The number of hydrogen-bond donors (Lipinski definition) is 0. The van der Waals surface area contributed by atoms with Gasteiger partial charge in [-0.3, -0.25) is 0 Å². The zero-order valence-electron chi connectivity index (χ0n) is 41.0. The summed E-state index contributed by atoms with van der Waals surface area (Å²) >= 11 is 0. The van der Waals surface area contributed by atoms with Gasteiger partial charge in [-0.25, -0.2) is 0 Å². The summed E-state index contributed by atoms with van der Waals surface area (Å²) in [6.45, 7) is 5.07. The first kappa shape index (κ1) is 41.8. The van der Waals surface area contributed by atoms with Crippen LogP contribution < -0.4 is 4.90 Å². The van der Waals surface area contributed by atoms with Crippen LogP contribution in [0.25, 0.3) is 60.5 Å². The zero-order chi connectivity index (χ0) is 47.7. The van der Waals surface area contributed by atoms with Gasteiger partial charge in [0.15, 0.2) is 0 Å². The Balaban J connectivity index is 0.929. The lowest BCUT2D eigenvalue weighted by molar-refractivity contribution is 0.0238. The molecule has 11 aromatic rings. The second kappa shape index (κ2) is 15.8. The number of rotatable bonds is 5. The maximum absolute atomic E-state index is 2.70. The molecule has 2 spiro atoms. The quantitative estimate of drug-likeness (QED) is 0.167. The molecule has 0 unspecified atom stereocenters. The van der Waals surface area contributed by atoms with E-state index in [0.717, 1.165) is 5.69 Å². The van der Waals surface area contributed by atoms with Crippen molar-refractivity contribution in [3.05, 3.63) is 264 Å². The molecule has 2 nitrogen and oxygen atoms in total. The van der Waals surface area contributed by atoms with Gasteiger partial charge in [-0.1, -0.05) is 190 Å². The van der Waals surface area contributed by atoms with Gasteiger partial charge in [-0.05, 0) is 165 Å². The topological polar surface area (TPSA) is 8.17 Å². The standard InChI is InChI=1S/C70H56N2/c1-45-40-50-42-46(2)43-51(41-45)69(50)62-25-11-12-26-63(62)70(60-23-9-5-19-56(60)57-20-6-10-24-61(57)70)64-39-38-54(44-65(64)69)71(66-29-15-17-49-16-3-4-18-55(49)66)52-34-30-47(31-35-52)48-32-36-53(37-33-48)72-67-27-13-7-21-58(67)59-22-8-14-28-68(59)72/h3-39,44-46,50-51H,40-43H2,1-2H3. The van der Waals surface area contributed by atoms with E-state index in [1.807, 2.05) is 0 Å². The second-order valence-corrected chi connectivity index (χ2v) is 21.8. The Morgan fingerprint density at radius 2 is 0.861 bits per heavy atom. The van der Waals surface area contributed by atoms with Gasteiger partial charge in [0.05, 0.1) is 22.1 Å². The van der Waals surface area contributed by atoms with Crippen LogP contribution >= 0.6 is 0 Å². The van der Waals surface area contributed by atoms with Gasteiger partial charge in [0.1, 0.15) is 0 Å². The Hall–Kier alpha value is -7.94. The monoisotopic (exact) mass is 924 g/mol. The predicted octanol–water partition coefficient (Wildman–Crippen LogP) is 18.1. The lowest BCUT2D eigenvalue weighted by Crippen LogP contribution is -2.56. The van der Waals surface area contributed by atoms with E-state index in [2.05, 4.69) is 254 Å². The molecule has 1 aromatic heterocycles. The summed E-state index contributed by atoms with van der Waals surface area (Å²) in [6, 6.07) is 87.9. The fourth-order valence-electron chi connectivity index (χ4n) is 15.5. The third-order valence-corrected chi connectivity index (χ3v) is 18.0. The first-order valence-corrected chi connectivity index (χ1v) is 26.4. The van der Waals surface area contributed by atoms with Crippen LogP contribution in [-0.2, 0) is 10.8 Å². The number of anilines is 3. The highest BCUT2D eigenvalue weighted by molar-refractivity contribution is 6.09. The molecule has 15 rings (SSSR count). The number of benzene rings is 10. The fourth-order valence-corrected chi connectivity index (χ4v) is 15.5. The van der Waals surface area contributed by atoms with E-state index < -0.39 is 5.41 Å². The molecule has 2 heteroatoms. The molecule has 4 aliphatic carbocycles. The van der Waals surface area contributed by atoms with Gasteiger partial charge in [-0.2, -0.15) is 0 Å². The predicted molar refractivity (Wildman–Crippen MR) is 300 cm³/mol. The molecule has 72 heavy (non-hydrogen) atoms. The van der Waals surface area contributed by atoms with Crippen molar-refractivity contribution in [3.8, 4) is 27.9 Å². The third-order valence-electron chi connectivity index (χ3n) is 18.0. The van der Waals surface area contributed by atoms with Gasteiger partial charge < -0.3 is 9.47 Å². The minimum absolute atomic E-state index is 0.113. The maximum Gasteiger partial charge on any atom is 0.0719 e. The highest BCUT2D eigenvalue weighted by atomic mass is 15.1. The van der Waals surface area contributed by atoms with Crippen LogP contribution in [-0.4, -0.2) is 4.57 Å². The van der Waals surface area contributed by atoms with Crippen LogP contribution in [0.2, 0.25) is 0 Å². The molecule has 10 aromatic carbocycles. The molecule has 2 fully saturated rings.